The number of anilines is 2. The molecule has 0 atom stereocenters. The molecule has 0 bridgehead atoms. The van der Waals surface area contributed by atoms with E-state index in [0.717, 1.165) is 21.3 Å². The third-order valence-corrected chi connectivity index (χ3v) is 4.04. The summed E-state index contributed by atoms with van der Waals surface area (Å²) in [5.41, 5.74) is 3.57. The maximum absolute atomic E-state index is 12.3. The van der Waals surface area contributed by atoms with Crippen molar-refractivity contribution in [2.24, 2.45) is 0 Å². The Balaban J connectivity index is 2.24. The van der Waals surface area contributed by atoms with Crippen LogP contribution < -0.4 is 10.2 Å². The fourth-order valence-electron chi connectivity index (χ4n) is 2.21. The molecule has 0 aliphatic rings. The van der Waals surface area contributed by atoms with Crippen molar-refractivity contribution in [1.29, 1.82) is 5.26 Å². The Morgan fingerprint density at radius 3 is 2.58 bits per heavy atom. The van der Waals surface area contributed by atoms with Crippen LogP contribution in [0.2, 0.25) is 0 Å². The van der Waals surface area contributed by atoms with Gasteiger partial charge in [-0.2, -0.15) is 5.26 Å². The monoisotopic (exact) mass is 383 g/mol. The number of carbonyl (C=O) groups excluding carboxylic acids is 1. The number of nitrogens with zero attached hydrogens (tertiary/aromatic N) is 2. The van der Waals surface area contributed by atoms with Gasteiger partial charge in [-0.3, -0.25) is 4.79 Å². The second-order valence-corrected chi connectivity index (χ2v) is 6.45. The molecule has 0 saturated carbocycles. The molecule has 2 rings (SSSR count). The van der Waals surface area contributed by atoms with E-state index in [1.807, 2.05) is 68.4 Å². The molecule has 0 heterocycles. The van der Waals surface area contributed by atoms with Crippen molar-refractivity contribution in [1.82, 2.24) is 0 Å². The second kappa shape index (κ2) is 7.80. The van der Waals surface area contributed by atoms with E-state index in [0.29, 0.717) is 5.69 Å². The summed E-state index contributed by atoms with van der Waals surface area (Å²) in [5.74, 6) is -0.420. The van der Waals surface area contributed by atoms with Gasteiger partial charge in [0.15, 0.2) is 0 Å². The molecular weight excluding hydrogens is 366 g/mol. The minimum absolute atomic E-state index is 0.0565. The highest BCUT2D eigenvalue weighted by Gasteiger charge is 2.10. The van der Waals surface area contributed by atoms with Crippen LogP contribution in [-0.2, 0) is 4.79 Å². The molecule has 0 unspecified atom stereocenters. The highest BCUT2D eigenvalue weighted by atomic mass is 79.9. The van der Waals surface area contributed by atoms with Gasteiger partial charge in [0.25, 0.3) is 5.91 Å². The van der Waals surface area contributed by atoms with E-state index in [2.05, 4.69) is 21.2 Å². The Kier molecular flexibility index (Phi) is 5.78. The van der Waals surface area contributed by atoms with Gasteiger partial charge in [-0.15, -0.1) is 0 Å². The Morgan fingerprint density at radius 1 is 1.25 bits per heavy atom. The zero-order valence-electron chi connectivity index (χ0n) is 13.8. The van der Waals surface area contributed by atoms with Gasteiger partial charge in [-0.1, -0.05) is 18.2 Å². The van der Waals surface area contributed by atoms with E-state index in [9.17, 15) is 10.1 Å². The van der Waals surface area contributed by atoms with E-state index in [1.165, 1.54) is 0 Å². The fraction of sp³-hybridized carbons (Fsp3) is 0.158. The number of rotatable bonds is 4. The molecule has 24 heavy (non-hydrogen) atoms. The zero-order chi connectivity index (χ0) is 17.7. The van der Waals surface area contributed by atoms with Crippen molar-refractivity contribution in [3.63, 3.8) is 0 Å². The van der Waals surface area contributed by atoms with Crippen molar-refractivity contribution in [2.75, 3.05) is 24.3 Å². The summed E-state index contributed by atoms with van der Waals surface area (Å²) < 4.78 is 0.901. The average molecular weight is 384 g/mol. The molecule has 0 aromatic heterocycles. The molecule has 0 aliphatic carbocycles. The van der Waals surface area contributed by atoms with Crippen LogP contribution >= 0.6 is 15.9 Å². The maximum Gasteiger partial charge on any atom is 0.266 e. The van der Waals surface area contributed by atoms with Gasteiger partial charge in [0.05, 0.1) is 5.69 Å². The lowest BCUT2D eigenvalue weighted by Gasteiger charge is -2.14. The van der Waals surface area contributed by atoms with Crippen LogP contribution in [0.5, 0.6) is 0 Å². The summed E-state index contributed by atoms with van der Waals surface area (Å²) in [6.07, 6.45) is 1.58. The third-order valence-electron chi connectivity index (χ3n) is 3.41. The molecule has 1 amide bonds. The maximum atomic E-state index is 12.3. The van der Waals surface area contributed by atoms with Gasteiger partial charge >= 0.3 is 0 Å². The molecule has 2 aromatic rings. The Morgan fingerprint density at radius 2 is 2.00 bits per heavy atom. The molecular formula is C19H18BrN3O. The second-order valence-electron chi connectivity index (χ2n) is 5.60. The number of nitriles is 1. The summed E-state index contributed by atoms with van der Waals surface area (Å²) in [7, 11) is 3.90. The number of nitrogens with one attached hydrogen (secondary N) is 1. The first-order valence-corrected chi connectivity index (χ1v) is 8.16. The summed E-state index contributed by atoms with van der Waals surface area (Å²) in [6.45, 7) is 1.94. The fourth-order valence-corrected chi connectivity index (χ4v) is 2.96. The Bertz CT molecular complexity index is 835. The first-order valence-electron chi connectivity index (χ1n) is 7.37. The number of benzene rings is 2. The average Bonchev–Trinajstić information content (AvgIpc) is 2.52. The number of carbonyl (C=O) groups is 1. The number of hydrogen-bond acceptors (Lipinski definition) is 3. The molecule has 1 N–H and O–H groups in total. The van der Waals surface area contributed by atoms with E-state index >= 15 is 0 Å². The largest absolute Gasteiger partial charge is 0.377 e. The van der Waals surface area contributed by atoms with Gasteiger partial charge in [0.2, 0.25) is 0 Å². The van der Waals surface area contributed by atoms with Gasteiger partial charge in [0.1, 0.15) is 11.6 Å². The lowest BCUT2D eigenvalue weighted by molar-refractivity contribution is -0.112. The van der Waals surface area contributed by atoms with E-state index in [-0.39, 0.29) is 5.57 Å². The Hall–Kier alpha value is -2.58. The van der Waals surface area contributed by atoms with E-state index in [4.69, 9.17) is 0 Å². The van der Waals surface area contributed by atoms with Gasteiger partial charge in [-0.25, -0.2) is 0 Å². The van der Waals surface area contributed by atoms with Crippen molar-refractivity contribution < 1.29 is 4.79 Å². The standard InChI is InChI=1S/C19H18BrN3O/c1-13-5-4-6-16(9-13)22-19(24)15(12-21)10-14-7-8-18(23(2)3)17(20)11-14/h4-11H,1-3H3,(H,22,24)/b15-10-. The summed E-state index contributed by atoms with van der Waals surface area (Å²) in [5, 5.41) is 12.1. The zero-order valence-corrected chi connectivity index (χ0v) is 15.4. The van der Waals surface area contributed by atoms with Crippen molar-refractivity contribution in [3.8, 4) is 6.07 Å². The van der Waals surface area contributed by atoms with Crippen LogP contribution in [0.1, 0.15) is 11.1 Å². The quantitative estimate of drug-likeness (QED) is 0.629. The highest BCUT2D eigenvalue weighted by molar-refractivity contribution is 9.10. The first kappa shape index (κ1) is 17.8. The van der Waals surface area contributed by atoms with Gasteiger partial charge in [0, 0.05) is 24.3 Å². The predicted molar refractivity (Wildman–Crippen MR) is 102 cm³/mol. The molecule has 0 fully saturated rings. The summed E-state index contributed by atoms with van der Waals surface area (Å²) in [6, 6.07) is 15.1. The van der Waals surface area contributed by atoms with E-state index < -0.39 is 5.91 Å². The smallest absolute Gasteiger partial charge is 0.266 e. The van der Waals surface area contributed by atoms with Crippen LogP contribution in [-0.4, -0.2) is 20.0 Å². The number of aryl methyl sites for hydroxylation is 1. The molecule has 0 spiro atoms. The lowest BCUT2D eigenvalue weighted by atomic mass is 10.1. The molecule has 5 heteroatoms. The van der Waals surface area contributed by atoms with E-state index in [1.54, 1.807) is 12.1 Å². The molecule has 4 nitrogen and oxygen atoms in total. The minimum Gasteiger partial charge on any atom is -0.377 e. The molecule has 0 aliphatic heterocycles. The summed E-state index contributed by atoms with van der Waals surface area (Å²) in [4.78, 5) is 14.3. The highest BCUT2D eigenvalue weighted by Crippen LogP contribution is 2.26. The molecule has 2 aromatic carbocycles. The van der Waals surface area contributed by atoms with Gasteiger partial charge in [-0.05, 0) is 64.3 Å². The minimum atomic E-state index is -0.420. The topological polar surface area (TPSA) is 56.1 Å². The van der Waals surface area contributed by atoms with Crippen LogP contribution in [0.15, 0.2) is 52.5 Å². The summed E-state index contributed by atoms with van der Waals surface area (Å²) >= 11 is 3.50. The normalized spacial score (nSPS) is 10.9. The molecule has 0 saturated heterocycles. The van der Waals surface area contributed by atoms with Crippen molar-refractivity contribution in [2.45, 2.75) is 6.92 Å². The SMILES string of the molecule is Cc1cccc(NC(=O)/C(C#N)=C\c2ccc(N(C)C)c(Br)c2)c1. The van der Waals surface area contributed by atoms with Crippen LogP contribution in [0, 0.1) is 18.3 Å². The first-order chi connectivity index (χ1) is 11.4. The van der Waals surface area contributed by atoms with Crippen LogP contribution in [0.3, 0.4) is 0 Å². The predicted octanol–water partition coefficient (Wildman–Crippen LogP) is 4.37. The molecule has 0 radical (unpaired) electrons. The lowest BCUT2D eigenvalue weighted by Crippen LogP contribution is -2.13. The van der Waals surface area contributed by atoms with Crippen LogP contribution in [0.4, 0.5) is 11.4 Å². The number of hydrogen-bond donors (Lipinski definition) is 1. The van der Waals surface area contributed by atoms with Crippen molar-refractivity contribution >= 4 is 39.3 Å². The third kappa shape index (κ3) is 4.46. The van der Waals surface area contributed by atoms with Gasteiger partial charge < -0.3 is 10.2 Å². The van der Waals surface area contributed by atoms with Crippen LogP contribution in [0.25, 0.3) is 6.08 Å². The molecule has 122 valence electrons. The number of amides is 1. The Labute approximate surface area is 150 Å². The van der Waals surface area contributed by atoms with Crippen molar-refractivity contribution in [3.05, 3.63) is 63.6 Å². The number of halogens is 1.